The summed E-state index contributed by atoms with van der Waals surface area (Å²) in [5.41, 5.74) is -0.137. The van der Waals surface area contributed by atoms with Crippen molar-refractivity contribution in [1.82, 2.24) is 0 Å². The standard InChI is InChI=1S/C8H16ClOSi/c1-3-5-8(7-9,10-11)6-4-2/h3-7H2,1-2H3. The zero-order chi connectivity index (χ0) is 8.74. The van der Waals surface area contributed by atoms with Crippen molar-refractivity contribution in [1.29, 1.82) is 0 Å². The van der Waals surface area contributed by atoms with Crippen LogP contribution in [0.5, 0.6) is 0 Å². The van der Waals surface area contributed by atoms with E-state index in [9.17, 15) is 0 Å². The van der Waals surface area contributed by atoms with Crippen LogP contribution in [-0.4, -0.2) is 22.0 Å². The van der Waals surface area contributed by atoms with Crippen molar-refractivity contribution in [3.05, 3.63) is 0 Å². The second-order valence-corrected chi connectivity index (χ2v) is 3.39. The second kappa shape index (κ2) is 6.04. The highest BCUT2D eigenvalue weighted by atomic mass is 35.5. The molecule has 0 saturated heterocycles. The Labute approximate surface area is 78.0 Å². The van der Waals surface area contributed by atoms with Gasteiger partial charge in [-0.05, 0) is 12.8 Å². The van der Waals surface area contributed by atoms with Crippen LogP contribution in [0.1, 0.15) is 39.5 Å². The molecule has 0 heterocycles. The molecule has 0 atom stereocenters. The summed E-state index contributed by atoms with van der Waals surface area (Å²) in [6.07, 6.45) is 4.26. The Kier molecular flexibility index (Phi) is 6.29. The minimum Gasteiger partial charge on any atom is -0.412 e. The number of rotatable bonds is 6. The summed E-state index contributed by atoms with van der Waals surface area (Å²) < 4.78 is 5.24. The third kappa shape index (κ3) is 3.59. The van der Waals surface area contributed by atoms with Crippen LogP contribution in [0.4, 0.5) is 0 Å². The molecule has 0 aromatic rings. The van der Waals surface area contributed by atoms with E-state index in [0.29, 0.717) is 5.88 Å². The fraction of sp³-hybridized carbons (Fsp3) is 1.00. The molecule has 0 aromatic heterocycles. The largest absolute Gasteiger partial charge is 0.412 e. The Balaban J connectivity index is 3.96. The molecular formula is C8H16ClOSi. The highest BCUT2D eigenvalue weighted by Gasteiger charge is 2.25. The van der Waals surface area contributed by atoms with Gasteiger partial charge in [0.2, 0.25) is 10.5 Å². The lowest BCUT2D eigenvalue weighted by Gasteiger charge is -2.30. The van der Waals surface area contributed by atoms with E-state index >= 15 is 0 Å². The molecule has 3 radical (unpaired) electrons. The first-order valence-electron chi connectivity index (χ1n) is 4.15. The molecule has 0 bridgehead atoms. The van der Waals surface area contributed by atoms with Gasteiger partial charge in [-0.25, -0.2) is 0 Å². The summed E-state index contributed by atoms with van der Waals surface area (Å²) in [5, 5.41) is 0. The summed E-state index contributed by atoms with van der Waals surface area (Å²) in [7, 11) is 3.10. The van der Waals surface area contributed by atoms with Gasteiger partial charge in [-0.2, -0.15) is 0 Å². The molecule has 1 nitrogen and oxygen atoms in total. The molecule has 65 valence electrons. The summed E-state index contributed by atoms with van der Waals surface area (Å²) in [4.78, 5) is 0. The molecule has 0 aliphatic rings. The molecule has 0 fully saturated rings. The van der Waals surface area contributed by atoms with Crippen LogP contribution in [0.25, 0.3) is 0 Å². The third-order valence-electron chi connectivity index (χ3n) is 1.87. The zero-order valence-corrected chi connectivity index (χ0v) is 9.08. The van der Waals surface area contributed by atoms with Gasteiger partial charge in [0.1, 0.15) is 0 Å². The predicted octanol–water partition coefficient (Wildman–Crippen LogP) is 2.66. The Morgan fingerprint density at radius 1 is 1.27 bits per heavy atom. The van der Waals surface area contributed by atoms with Gasteiger partial charge in [0.25, 0.3) is 0 Å². The van der Waals surface area contributed by atoms with E-state index in [1.165, 1.54) is 0 Å². The number of halogens is 1. The SMILES string of the molecule is CCCC(CCl)(CCC)O[Si]. The monoisotopic (exact) mass is 191 g/mol. The lowest BCUT2D eigenvalue weighted by molar-refractivity contribution is 0.0830. The van der Waals surface area contributed by atoms with Crippen LogP contribution in [0.15, 0.2) is 0 Å². The molecule has 0 rings (SSSR count). The van der Waals surface area contributed by atoms with Crippen molar-refractivity contribution in [3.8, 4) is 0 Å². The molecule has 0 N–H and O–H groups in total. The lowest BCUT2D eigenvalue weighted by atomic mass is 9.95. The van der Waals surface area contributed by atoms with Crippen molar-refractivity contribution < 1.29 is 4.43 Å². The smallest absolute Gasteiger partial charge is 0.247 e. The van der Waals surface area contributed by atoms with Crippen molar-refractivity contribution in [2.45, 2.75) is 45.1 Å². The topological polar surface area (TPSA) is 9.23 Å². The van der Waals surface area contributed by atoms with Gasteiger partial charge in [0.05, 0.1) is 11.5 Å². The molecular weight excluding hydrogens is 176 g/mol. The second-order valence-electron chi connectivity index (χ2n) is 2.92. The van der Waals surface area contributed by atoms with Gasteiger partial charge in [0.15, 0.2) is 0 Å². The molecule has 0 unspecified atom stereocenters. The normalized spacial score (nSPS) is 12.0. The first kappa shape index (κ1) is 11.5. The van der Waals surface area contributed by atoms with Crippen LogP contribution < -0.4 is 0 Å². The van der Waals surface area contributed by atoms with Gasteiger partial charge >= 0.3 is 0 Å². The van der Waals surface area contributed by atoms with Crippen LogP contribution >= 0.6 is 11.6 Å². The van der Waals surface area contributed by atoms with Gasteiger partial charge < -0.3 is 4.43 Å². The van der Waals surface area contributed by atoms with Crippen molar-refractivity contribution in [2.24, 2.45) is 0 Å². The third-order valence-corrected chi connectivity index (χ3v) is 2.79. The molecule has 3 heteroatoms. The van der Waals surface area contributed by atoms with E-state index in [0.717, 1.165) is 25.7 Å². The molecule has 0 aliphatic heterocycles. The average Bonchev–Trinajstić information content (AvgIpc) is 2.04. The average molecular weight is 192 g/mol. The molecule has 0 spiro atoms. The van der Waals surface area contributed by atoms with Crippen LogP contribution in [0, 0.1) is 0 Å². The van der Waals surface area contributed by atoms with Crippen LogP contribution in [0.2, 0.25) is 0 Å². The minimum absolute atomic E-state index is 0.137. The van der Waals surface area contributed by atoms with Crippen molar-refractivity contribution >= 4 is 22.1 Å². The van der Waals surface area contributed by atoms with E-state index in [4.69, 9.17) is 16.0 Å². The predicted molar refractivity (Wildman–Crippen MR) is 50.1 cm³/mol. The Morgan fingerprint density at radius 2 is 1.73 bits per heavy atom. The highest BCUT2D eigenvalue weighted by molar-refractivity contribution is 6.18. The molecule has 0 aromatic carbocycles. The summed E-state index contributed by atoms with van der Waals surface area (Å²) >= 11 is 5.83. The maximum absolute atomic E-state index is 5.83. The zero-order valence-electron chi connectivity index (χ0n) is 7.32. The molecule has 0 aliphatic carbocycles. The molecule has 11 heavy (non-hydrogen) atoms. The Morgan fingerprint density at radius 3 is 1.91 bits per heavy atom. The highest BCUT2D eigenvalue weighted by Crippen LogP contribution is 2.24. The van der Waals surface area contributed by atoms with E-state index < -0.39 is 0 Å². The van der Waals surface area contributed by atoms with Crippen LogP contribution in [-0.2, 0) is 4.43 Å². The maximum atomic E-state index is 5.83. The van der Waals surface area contributed by atoms with Gasteiger partial charge in [-0.1, -0.05) is 26.7 Å². The first-order chi connectivity index (χ1) is 5.24. The first-order valence-corrected chi connectivity index (χ1v) is 5.09. The fourth-order valence-corrected chi connectivity index (χ4v) is 1.99. The fourth-order valence-electron chi connectivity index (χ4n) is 1.30. The summed E-state index contributed by atoms with van der Waals surface area (Å²) in [5.74, 6) is 0.568. The van der Waals surface area contributed by atoms with Crippen LogP contribution in [0.3, 0.4) is 0 Å². The quantitative estimate of drug-likeness (QED) is 0.464. The van der Waals surface area contributed by atoms with Gasteiger partial charge in [-0.15, -0.1) is 11.6 Å². The Bertz CT molecular complexity index is 86.1. The van der Waals surface area contributed by atoms with Gasteiger partial charge in [0, 0.05) is 0 Å². The van der Waals surface area contributed by atoms with E-state index in [2.05, 4.69) is 24.3 Å². The Hall–Kier alpha value is 0.467. The number of hydrogen-bond acceptors (Lipinski definition) is 1. The number of hydrogen-bond donors (Lipinski definition) is 0. The van der Waals surface area contributed by atoms with E-state index in [1.54, 1.807) is 0 Å². The summed E-state index contributed by atoms with van der Waals surface area (Å²) in [6, 6.07) is 0. The van der Waals surface area contributed by atoms with Crippen molar-refractivity contribution in [2.75, 3.05) is 5.88 Å². The minimum atomic E-state index is -0.137. The molecule has 0 amide bonds. The maximum Gasteiger partial charge on any atom is 0.247 e. The summed E-state index contributed by atoms with van der Waals surface area (Å²) in [6.45, 7) is 4.28. The molecule has 0 saturated carbocycles. The van der Waals surface area contributed by atoms with Gasteiger partial charge in [-0.3, -0.25) is 0 Å². The van der Waals surface area contributed by atoms with E-state index in [-0.39, 0.29) is 5.60 Å². The van der Waals surface area contributed by atoms with Crippen molar-refractivity contribution in [3.63, 3.8) is 0 Å². The van der Waals surface area contributed by atoms with E-state index in [1.807, 2.05) is 0 Å². The number of alkyl halides is 1. The lowest BCUT2D eigenvalue weighted by Crippen LogP contribution is -2.33.